The summed E-state index contributed by atoms with van der Waals surface area (Å²) in [6.45, 7) is 1.54. The first kappa shape index (κ1) is 18.1. The molecule has 0 bridgehead atoms. The SMILES string of the molecule is COC(=O)C(C)N1C(=O)C(=C2C(=O)N(C)c3ccc(Br)cc32)SC1=S. The van der Waals surface area contributed by atoms with Crippen molar-refractivity contribution in [3.8, 4) is 0 Å². The molecule has 0 N–H and O–H groups in total. The Hall–Kier alpha value is -1.71. The number of hydrogen-bond acceptors (Lipinski definition) is 6. The molecule has 1 aromatic rings. The van der Waals surface area contributed by atoms with Crippen LogP contribution in [-0.4, -0.2) is 47.2 Å². The maximum absolute atomic E-state index is 12.9. The Kier molecular flexibility index (Phi) is 4.74. The van der Waals surface area contributed by atoms with Crippen molar-refractivity contribution < 1.29 is 19.1 Å². The summed E-state index contributed by atoms with van der Waals surface area (Å²) in [5, 5.41) is 0. The molecule has 0 spiro atoms. The minimum absolute atomic E-state index is 0.226. The van der Waals surface area contributed by atoms with Gasteiger partial charge in [0, 0.05) is 17.1 Å². The van der Waals surface area contributed by atoms with Crippen molar-refractivity contribution in [3.63, 3.8) is 0 Å². The Morgan fingerprint density at radius 2 is 2.00 bits per heavy atom. The van der Waals surface area contributed by atoms with E-state index in [1.165, 1.54) is 23.8 Å². The lowest BCUT2D eigenvalue weighted by Crippen LogP contribution is -2.42. The van der Waals surface area contributed by atoms with Crippen molar-refractivity contribution in [1.82, 2.24) is 4.90 Å². The lowest BCUT2D eigenvalue weighted by Gasteiger charge is -2.20. The molecule has 25 heavy (non-hydrogen) atoms. The van der Waals surface area contributed by atoms with Crippen LogP contribution in [0.4, 0.5) is 5.69 Å². The molecule has 0 aliphatic carbocycles. The van der Waals surface area contributed by atoms with Crippen LogP contribution in [0.3, 0.4) is 0 Å². The number of likely N-dealkylation sites (N-methyl/N-ethyl adjacent to an activating group) is 1. The average molecular weight is 441 g/mol. The van der Waals surface area contributed by atoms with Crippen LogP contribution in [0, 0.1) is 0 Å². The lowest BCUT2D eigenvalue weighted by atomic mass is 10.1. The van der Waals surface area contributed by atoms with E-state index in [1.54, 1.807) is 13.1 Å². The number of thioether (sulfide) groups is 1. The molecule has 2 aliphatic rings. The molecule has 0 aromatic heterocycles. The molecule has 0 saturated carbocycles. The molecular formula is C16H13BrN2O4S2. The minimum Gasteiger partial charge on any atom is -0.467 e. The summed E-state index contributed by atoms with van der Waals surface area (Å²) >= 11 is 9.68. The van der Waals surface area contributed by atoms with Crippen LogP contribution in [0.1, 0.15) is 12.5 Å². The number of carbonyl (C=O) groups excluding carboxylic acids is 3. The van der Waals surface area contributed by atoms with Gasteiger partial charge in [-0.1, -0.05) is 39.9 Å². The zero-order valence-electron chi connectivity index (χ0n) is 13.5. The predicted octanol–water partition coefficient (Wildman–Crippen LogP) is 2.56. The molecule has 1 atom stereocenters. The zero-order chi connectivity index (χ0) is 18.5. The quantitative estimate of drug-likeness (QED) is 0.399. The standard InChI is InChI=1S/C16H13BrN2O4S2/c1-7(15(22)23-3)19-14(21)12(25-16(19)24)11-9-6-8(17)4-5-10(9)18(2)13(11)20/h4-7H,1-3H3. The third-order valence-electron chi connectivity index (χ3n) is 4.06. The van der Waals surface area contributed by atoms with Gasteiger partial charge in [-0.2, -0.15) is 0 Å². The number of carbonyl (C=O) groups is 3. The fourth-order valence-electron chi connectivity index (χ4n) is 2.75. The molecule has 9 heteroatoms. The summed E-state index contributed by atoms with van der Waals surface area (Å²) in [5.41, 5.74) is 1.68. The lowest BCUT2D eigenvalue weighted by molar-refractivity contribution is -0.147. The van der Waals surface area contributed by atoms with Gasteiger partial charge in [0.1, 0.15) is 10.4 Å². The van der Waals surface area contributed by atoms with E-state index in [-0.39, 0.29) is 15.1 Å². The van der Waals surface area contributed by atoms with Gasteiger partial charge >= 0.3 is 5.97 Å². The number of rotatable bonds is 2. The van der Waals surface area contributed by atoms with E-state index >= 15 is 0 Å². The van der Waals surface area contributed by atoms with Gasteiger partial charge in [-0.05, 0) is 25.1 Å². The first-order chi connectivity index (χ1) is 11.8. The number of fused-ring (bicyclic) bond motifs is 1. The second-order valence-electron chi connectivity index (χ2n) is 5.47. The topological polar surface area (TPSA) is 66.9 Å². The van der Waals surface area contributed by atoms with E-state index in [0.717, 1.165) is 21.9 Å². The largest absolute Gasteiger partial charge is 0.467 e. The van der Waals surface area contributed by atoms with Gasteiger partial charge in [-0.3, -0.25) is 14.5 Å². The van der Waals surface area contributed by atoms with Crippen LogP contribution < -0.4 is 4.90 Å². The molecular weight excluding hydrogens is 428 g/mol. The zero-order valence-corrected chi connectivity index (χ0v) is 16.8. The van der Waals surface area contributed by atoms with Crippen molar-refractivity contribution in [2.45, 2.75) is 13.0 Å². The van der Waals surface area contributed by atoms with E-state index in [2.05, 4.69) is 15.9 Å². The number of nitrogens with zero attached hydrogens (tertiary/aromatic N) is 2. The predicted molar refractivity (Wildman–Crippen MR) is 103 cm³/mol. The van der Waals surface area contributed by atoms with Crippen LogP contribution in [0.15, 0.2) is 27.6 Å². The van der Waals surface area contributed by atoms with Crippen molar-refractivity contribution in [2.75, 3.05) is 19.1 Å². The number of amides is 2. The van der Waals surface area contributed by atoms with Gasteiger partial charge in [0.2, 0.25) is 0 Å². The summed E-state index contributed by atoms with van der Waals surface area (Å²) in [4.78, 5) is 40.3. The number of hydrogen-bond donors (Lipinski definition) is 0. The van der Waals surface area contributed by atoms with Gasteiger partial charge in [-0.15, -0.1) is 0 Å². The first-order valence-corrected chi connectivity index (χ1v) is 9.25. The Labute approximate surface area is 162 Å². The van der Waals surface area contributed by atoms with Crippen LogP contribution >= 0.6 is 39.9 Å². The molecule has 130 valence electrons. The van der Waals surface area contributed by atoms with E-state index in [4.69, 9.17) is 17.0 Å². The normalized spacial score (nSPS) is 21.0. The van der Waals surface area contributed by atoms with Crippen molar-refractivity contribution in [1.29, 1.82) is 0 Å². The highest BCUT2D eigenvalue weighted by Crippen LogP contribution is 2.45. The Bertz CT molecular complexity index is 868. The number of thiocarbonyl (C=S) groups is 1. The molecule has 2 heterocycles. The van der Waals surface area contributed by atoms with Crippen molar-refractivity contribution in [3.05, 3.63) is 33.1 Å². The molecule has 2 aliphatic heterocycles. The van der Waals surface area contributed by atoms with Crippen LogP contribution in [0.2, 0.25) is 0 Å². The maximum atomic E-state index is 12.9. The number of esters is 1. The van der Waals surface area contributed by atoms with Gasteiger partial charge in [0.15, 0.2) is 0 Å². The van der Waals surface area contributed by atoms with Crippen LogP contribution in [0.25, 0.3) is 5.57 Å². The Morgan fingerprint density at radius 3 is 2.64 bits per heavy atom. The highest BCUT2D eigenvalue weighted by atomic mass is 79.9. The molecule has 6 nitrogen and oxygen atoms in total. The third-order valence-corrected chi connectivity index (χ3v) is 5.96. The average Bonchev–Trinajstić information content (AvgIpc) is 2.99. The monoisotopic (exact) mass is 440 g/mol. The fraction of sp³-hybridized carbons (Fsp3) is 0.250. The first-order valence-electron chi connectivity index (χ1n) is 7.23. The van der Waals surface area contributed by atoms with Gasteiger partial charge in [0.25, 0.3) is 11.8 Å². The second-order valence-corrected chi connectivity index (χ2v) is 8.03. The Balaban J connectivity index is 2.12. The van der Waals surface area contributed by atoms with Crippen molar-refractivity contribution >= 4 is 73.3 Å². The summed E-state index contributed by atoms with van der Waals surface area (Å²) in [6.07, 6.45) is 0. The van der Waals surface area contributed by atoms with E-state index in [9.17, 15) is 14.4 Å². The summed E-state index contributed by atoms with van der Waals surface area (Å²) in [5.74, 6) is -1.31. The summed E-state index contributed by atoms with van der Waals surface area (Å²) < 4.78 is 5.72. The molecule has 2 amide bonds. The number of anilines is 1. The third kappa shape index (κ3) is 2.80. The maximum Gasteiger partial charge on any atom is 0.328 e. The molecule has 1 unspecified atom stereocenters. The van der Waals surface area contributed by atoms with Crippen LogP contribution in [-0.2, 0) is 19.1 Å². The highest BCUT2D eigenvalue weighted by Gasteiger charge is 2.44. The molecule has 1 fully saturated rings. The number of halogens is 1. The minimum atomic E-state index is -0.855. The number of ether oxygens (including phenoxy) is 1. The molecule has 3 rings (SSSR count). The van der Waals surface area contributed by atoms with E-state index in [1.807, 2.05) is 12.1 Å². The smallest absolute Gasteiger partial charge is 0.328 e. The Morgan fingerprint density at radius 1 is 1.32 bits per heavy atom. The van der Waals surface area contributed by atoms with Gasteiger partial charge < -0.3 is 9.64 Å². The number of methoxy groups -OCH3 is 1. The second kappa shape index (κ2) is 6.54. The van der Waals surface area contributed by atoms with E-state index in [0.29, 0.717) is 11.1 Å². The highest BCUT2D eigenvalue weighted by molar-refractivity contribution is 9.10. The van der Waals surface area contributed by atoms with Crippen LogP contribution in [0.5, 0.6) is 0 Å². The molecule has 1 aromatic carbocycles. The van der Waals surface area contributed by atoms with Gasteiger partial charge in [-0.25, -0.2) is 4.79 Å². The summed E-state index contributed by atoms with van der Waals surface area (Å²) in [7, 11) is 2.90. The fourth-order valence-corrected chi connectivity index (χ4v) is 4.60. The van der Waals surface area contributed by atoms with Gasteiger partial charge in [0.05, 0.1) is 23.3 Å². The molecule has 0 radical (unpaired) electrons. The number of benzene rings is 1. The molecule has 1 saturated heterocycles. The van der Waals surface area contributed by atoms with E-state index < -0.39 is 17.9 Å². The summed E-state index contributed by atoms with van der Waals surface area (Å²) in [6, 6.07) is 4.58. The van der Waals surface area contributed by atoms with Crippen molar-refractivity contribution in [2.24, 2.45) is 0 Å².